The molecular formula is C29H21F3N6O5. The average molecular weight is 591 g/mol. The Labute approximate surface area is 240 Å². The van der Waals surface area contributed by atoms with Gasteiger partial charge in [-0.25, -0.2) is 9.59 Å². The minimum Gasteiger partial charge on any atom is -0.479 e. The molecule has 2 heterocycles. The number of carboxylic acid groups (broad SMARTS) is 1. The number of hydrogen-bond donors (Lipinski definition) is 4. The standard InChI is InChI=1S/C29H21F3N6O5/c30-29(31,32)43-22-11-5-4-10-21(22)34-28(42)33-19-14-12-18(13-15-19)24-36-37-25-20(9-6-16-38(24)25)26(39)35-23(27(40)41)17-7-2-1-3-8-17/h1-16,23H,(H,35,39)(H,40,41)(H2,33,34,42)/t23-/m0/s1. The van der Waals surface area contributed by atoms with Gasteiger partial charge in [0.1, 0.15) is 0 Å². The van der Waals surface area contributed by atoms with Crippen molar-refractivity contribution < 1.29 is 37.4 Å². The quantitative estimate of drug-likeness (QED) is 0.187. The van der Waals surface area contributed by atoms with E-state index in [1.807, 2.05) is 0 Å². The van der Waals surface area contributed by atoms with Gasteiger partial charge >= 0.3 is 18.4 Å². The monoisotopic (exact) mass is 590 g/mol. The van der Waals surface area contributed by atoms with Crippen molar-refractivity contribution >= 4 is 34.9 Å². The maximum atomic E-state index is 13.1. The highest BCUT2D eigenvalue weighted by molar-refractivity contribution is 6.02. The number of amides is 3. The van der Waals surface area contributed by atoms with Gasteiger partial charge in [0.25, 0.3) is 5.91 Å². The molecule has 0 radical (unpaired) electrons. The summed E-state index contributed by atoms with van der Waals surface area (Å²) >= 11 is 0. The lowest BCUT2D eigenvalue weighted by atomic mass is 10.1. The number of benzene rings is 3. The molecule has 14 heteroatoms. The predicted molar refractivity (Wildman–Crippen MR) is 148 cm³/mol. The molecule has 0 saturated heterocycles. The van der Waals surface area contributed by atoms with E-state index in [0.29, 0.717) is 22.6 Å². The van der Waals surface area contributed by atoms with E-state index in [4.69, 9.17) is 0 Å². The molecule has 3 amide bonds. The number of urea groups is 1. The number of para-hydroxylation sites is 2. The maximum Gasteiger partial charge on any atom is 0.573 e. The summed E-state index contributed by atoms with van der Waals surface area (Å²) in [4.78, 5) is 37.4. The van der Waals surface area contributed by atoms with E-state index >= 15 is 0 Å². The van der Waals surface area contributed by atoms with Crippen LogP contribution >= 0.6 is 0 Å². The van der Waals surface area contributed by atoms with Crippen LogP contribution < -0.4 is 20.7 Å². The van der Waals surface area contributed by atoms with Crippen LogP contribution in [0.4, 0.5) is 29.3 Å². The Bertz CT molecular complexity index is 1790. The van der Waals surface area contributed by atoms with Crippen LogP contribution in [0.5, 0.6) is 5.75 Å². The first-order chi connectivity index (χ1) is 20.6. The lowest BCUT2D eigenvalue weighted by molar-refractivity contribution is -0.274. The molecule has 5 aromatic rings. The Balaban J connectivity index is 1.31. The second kappa shape index (κ2) is 11.9. The summed E-state index contributed by atoms with van der Waals surface area (Å²) in [5.41, 5.74) is 1.40. The van der Waals surface area contributed by atoms with Gasteiger partial charge in [-0.1, -0.05) is 42.5 Å². The molecule has 1 atom stereocenters. The van der Waals surface area contributed by atoms with Crippen molar-refractivity contribution in [2.24, 2.45) is 0 Å². The molecule has 2 aromatic heterocycles. The molecule has 0 aliphatic heterocycles. The van der Waals surface area contributed by atoms with Crippen LogP contribution in [0, 0.1) is 0 Å². The molecule has 0 aliphatic carbocycles. The van der Waals surface area contributed by atoms with Crippen LogP contribution in [0.25, 0.3) is 17.0 Å². The Morgan fingerprint density at radius 1 is 0.837 bits per heavy atom. The summed E-state index contributed by atoms with van der Waals surface area (Å²) in [7, 11) is 0. The van der Waals surface area contributed by atoms with Gasteiger partial charge in [-0.05, 0) is 54.1 Å². The molecule has 0 aliphatic rings. The van der Waals surface area contributed by atoms with Crippen LogP contribution in [-0.4, -0.2) is 44.0 Å². The molecular weight excluding hydrogens is 569 g/mol. The number of carbonyl (C=O) groups is 3. The van der Waals surface area contributed by atoms with E-state index in [1.54, 1.807) is 71.3 Å². The first-order valence-electron chi connectivity index (χ1n) is 12.5. The Kier molecular flexibility index (Phi) is 7.92. The number of carbonyl (C=O) groups excluding carboxylic acids is 2. The number of anilines is 2. The third-order valence-corrected chi connectivity index (χ3v) is 6.10. The summed E-state index contributed by atoms with van der Waals surface area (Å²) in [6, 6.07) is 20.7. The minimum atomic E-state index is -4.93. The van der Waals surface area contributed by atoms with Gasteiger partial charge in [-0.2, -0.15) is 0 Å². The number of aromatic nitrogens is 3. The summed E-state index contributed by atoms with van der Waals surface area (Å²) in [6.07, 6.45) is -3.29. The highest BCUT2D eigenvalue weighted by atomic mass is 19.4. The number of fused-ring (bicyclic) bond motifs is 1. The number of rotatable bonds is 8. The van der Waals surface area contributed by atoms with Crippen molar-refractivity contribution in [1.82, 2.24) is 19.9 Å². The Morgan fingerprint density at radius 2 is 1.53 bits per heavy atom. The number of nitrogens with one attached hydrogen (secondary N) is 3. The highest BCUT2D eigenvalue weighted by Crippen LogP contribution is 2.30. The molecule has 0 saturated carbocycles. The fourth-order valence-corrected chi connectivity index (χ4v) is 4.20. The molecule has 43 heavy (non-hydrogen) atoms. The fraction of sp³-hybridized carbons (Fsp3) is 0.0690. The number of hydrogen-bond acceptors (Lipinski definition) is 6. The molecule has 3 aromatic carbocycles. The van der Waals surface area contributed by atoms with Gasteiger partial charge in [-0.3, -0.25) is 9.20 Å². The largest absolute Gasteiger partial charge is 0.573 e. The van der Waals surface area contributed by atoms with Crippen molar-refractivity contribution in [3.05, 3.63) is 108 Å². The SMILES string of the molecule is O=C(Nc1ccc(-c2nnc3c(C(=O)N[C@H](C(=O)O)c4ccccc4)cccn23)cc1)Nc1ccccc1OC(F)(F)F. The van der Waals surface area contributed by atoms with Gasteiger partial charge in [0.05, 0.1) is 11.3 Å². The van der Waals surface area contributed by atoms with Gasteiger partial charge in [0.2, 0.25) is 0 Å². The molecule has 0 bridgehead atoms. The van der Waals surface area contributed by atoms with Crippen molar-refractivity contribution in [3.63, 3.8) is 0 Å². The zero-order valence-corrected chi connectivity index (χ0v) is 21.9. The lowest BCUT2D eigenvalue weighted by Gasteiger charge is -2.15. The second-order valence-corrected chi connectivity index (χ2v) is 8.99. The van der Waals surface area contributed by atoms with Crippen molar-refractivity contribution in [3.8, 4) is 17.1 Å². The van der Waals surface area contributed by atoms with Gasteiger partial charge < -0.3 is 25.8 Å². The molecule has 5 rings (SSSR count). The molecule has 0 spiro atoms. The molecule has 0 unspecified atom stereocenters. The van der Waals surface area contributed by atoms with Crippen molar-refractivity contribution in [2.45, 2.75) is 12.4 Å². The zero-order valence-electron chi connectivity index (χ0n) is 21.9. The van der Waals surface area contributed by atoms with Gasteiger partial charge in [-0.15, -0.1) is 23.4 Å². The number of ether oxygens (including phenoxy) is 1. The first-order valence-corrected chi connectivity index (χ1v) is 12.5. The third kappa shape index (κ3) is 6.70. The first kappa shape index (κ1) is 28.6. The van der Waals surface area contributed by atoms with Gasteiger partial charge in [0, 0.05) is 17.4 Å². The maximum absolute atomic E-state index is 13.1. The third-order valence-electron chi connectivity index (χ3n) is 6.10. The number of alkyl halides is 3. The van der Waals surface area contributed by atoms with Crippen LogP contribution in [0.2, 0.25) is 0 Å². The number of pyridine rings is 1. The van der Waals surface area contributed by atoms with E-state index in [-0.39, 0.29) is 16.9 Å². The summed E-state index contributed by atoms with van der Waals surface area (Å²) in [5.74, 6) is -2.09. The van der Waals surface area contributed by atoms with Crippen molar-refractivity contribution in [1.29, 1.82) is 0 Å². The van der Waals surface area contributed by atoms with E-state index in [2.05, 4.69) is 30.9 Å². The number of halogens is 3. The van der Waals surface area contributed by atoms with Crippen LogP contribution in [0.15, 0.2) is 97.2 Å². The van der Waals surface area contributed by atoms with E-state index in [9.17, 15) is 32.7 Å². The average Bonchev–Trinajstić information content (AvgIpc) is 3.41. The van der Waals surface area contributed by atoms with Crippen molar-refractivity contribution in [2.75, 3.05) is 10.6 Å². The molecule has 4 N–H and O–H groups in total. The topological polar surface area (TPSA) is 147 Å². The number of carboxylic acids is 1. The Hall–Kier alpha value is -5.92. The minimum absolute atomic E-state index is 0.105. The lowest BCUT2D eigenvalue weighted by Crippen LogP contribution is -2.34. The fourth-order valence-electron chi connectivity index (χ4n) is 4.20. The van der Waals surface area contributed by atoms with E-state index in [1.165, 1.54) is 24.3 Å². The van der Waals surface area contributed by atoms with Crippen LogP contribution in [-0.2, 0) is 4.79 Å². The summed E-state index contributed by atoms with van der Waals surface area (Å²) in [5, 5.41) is 25.3. The smallest absolute Gasteiger partial charge is 0.479 e. The molecule has 0 fully saturated rings. The summed E-state index contributed by atoms with van der Waals surface area (Å²) < 4.78 is 43.5. The molecule has 218 valence electrons. The van der Waals surface area contributed by atoms with E-state index in [0.717, 1.165) is 6.07 Å². The second-order valence-electron chi connectivity index (χ2n) is 8.99. The van der Waals surface area contributed by atoms with Crippen LogP contribution in [0.3, 0.4) is 0 Å². The van der Waals surface area contributed by atoms with Gasteiger partial charge in [0.15, 0.2) is 23.3 Å². The highest BCUT2D eigenvalue weighted by Gasteiger charge is 2.32. The summed E-state index contributed by atoms with van der Waals surface area (Å²) in [6.45, 7) is 0. The Morgan fingerprint density at radius 3 is 2.23 bits per heavy atom. The van der Waals surface area contributed by atoms with Crippen LogP contribution in [0.1, 0.15) is 22.0 Å². The normalized spacial score (nSPS) is 11.9. The van der Waals surface area contributed by atoms with E-state index < -0.39 is 36.1 Å². The zero-order chi connectivity index (χ0) is 30.6. The number of aliphatic carboxylic acids is 1. The number of nitrogens with zero attached hydrogens (tertiary/aromatic N) is 3. The molecule has 11 nitrogen and oxygen atoms in total. The predicted octanol–water partition coefficient (Wildman–Crippen LogP) is 5.49.